The maximum Gasteiger partial charge on any atom is 0.422 e. The maximum atomic E-state index is 12.8. The van der Waals surface area contributed by atoms with Gasteiger partial charge in [-0.3, -0.25) is 4.79 Å². The third-order valence-corrected chi connectivity index (χ3v) is 6.12. The van der Waals surface area contributed by atoms with Crippen LogP contribution in [0.2, 0.25) is 0 Å². The molecule has 2 amide bonds. The van der Waals surface area contributed by atoms with E-state index in [-0.39, 0.29) is 48.4 Å². The standard InChI is InChI=1S/C29H36F3N7O5/c1-27(2,3)39(26(42)43)16-28(4,5)15-35-24(41)19-8-11-21(34-14-19)36-23-12-22(33-13-18-6-9-20(40)10-7-18)37-25(38-23)44-17-29(30,31)32/h6-12,14,40H,13,15-17H2,1-5H3,(H,35,41)(H,42,43)(H2,33,34,36,37,38). The highest BCUT2D eigenvalue weighted by molar-refractivity contribution is 5.94. The van der Waals surface area contributed by atoms with Crippen LogP contribution in [0.25, 0.3) is 0 Å². The highest BCUT2D eigenvalue weighted by atomic mass is 19.4. The Morgan fingerprint density at radius 1 is 0.955 bits per heavy atom. The van der Waals surface area contributed by atoms with Gasteiger partial charge in [-0.2, -0.15) is 23.1 Å². The lowest BCUT2D eigenvalue weighted by atomic mass is 9.90. The monoisotopic (exact) mass is 619 g/mol. The number of phenols is 1. The topological polar surface area (TPSA) is 162 Å². The van der Waals surface area contributed by atoms with Crippen molar-refractivity contribution in [3.8, 4) is 11.8 Å². The summed E-state index contributed by atoms with van der Waals surface area (Å²) in [6.45, 7) is 8.15. The van der Waals surface area contributed by atoms with Gasteiger partial charge in [-0.25, -0.2) is 9.78 Å². The molecular formula is C29H36F3N7O5. The van der Waals surface area contributed by atoms with Crippen LogP contribution in [0.4, 0.5) is 35.4 Å². The third kappa shape index (κ3) is 10.8. The number of pyridine rings is 1. The average molecular weight is 620 g/mol. The summed E-state index contributed by atoms with van der Waals surface area (Å²) >= 11 is 0. The Labute approximate surface area is 252 Å². The molecule has 0 saturated heterocycles. The zero-order chi connectivity index (χ0) is 32.7. The molecule has 0 aliphatic rings. The van der Waals surface area contributed by atoms with Crippen LogP contribution in [0, 0.1) is 5.41 Å². The molecule has 0 unspecified atom stereocenters. The van der Waals surface area contributed by atoms with Gasteiger partial charge in [0.1, 0.15) is 23.2 Å². The number of aromatic nitrogens is 3. The molecule has 0 aliphatic carbocycles. The Kier molecular flexibility index (Phi) is 10.4. The number of rotatable bonds is 12. The number of halogens is 3. The van der Waals surface area contributed by atoms with E-state index in [1.54, 1.807) is 32.9 Å². The Bertz CT molecular complexity index is 1430. The van der Waals surface area contributed by atoms with E-state index in [2.05, 4.69) is 30.9 Å². The summed E-state index contributed by atoms with van der Waals surface area (Å²) in [5.41, 5.74) is -0.159. The van der Waals surface area contributed by atoms with Crippen LogP contribution in [0.15, 0.2) is 48.7 Å². The SMILES string of the molecule is CC(C)(CNC(=O)c1ccc(Nc2cc(NCc3ccc(O)cc3)nc(OCC(F)(F)F)n2)nc1)CN(C(=O)O)C(C)(C)C. The fourth-order valence-corrected chi connectivity index (χ4v) is 3.83. The summed E-state index contributed by atoms with van der Waals surface area (Å²) in [6.07, 6.45) is -4.33. The number of phenolic OH excluding ortho intramolecular Hbond substituents is 1. The number of hydrogen-bond acceptors (Lipinski definition) is 9. The van der Waals surface area contributed by atoms with Crippen LogP contribution in [0.3, 0.4) is 0 Å². The van der Waals surface area contributed by atoms with Gasteiger partial charge < -0.3 is 35.8 Å². The number of aromatic hydroxyl groups is 1. The molecular weight excluding hydrogens is 583 g/mol. The normalized spacial score (nSPS) is 11.9. The summed E-state index contributed by atoms with van der Waals surface area (Å²) < 4.78 is 43.0. The second kappa shape index (κ2) is 13.7. The highest BCUT2D eigenvalue weighted by Crippen LogP contribution is 2.24. The molecule has 1 aromatic carbocycles. The molecule has 2 aromatic heterocycles. The lowest BCUT2D eigenvalue weighted by molar-refractivity contribution is -0.154. The molecule has 2 heterocycles. The largest absolute Gasteiger partial charge is 0.508 e. The average Bonchev–Trinajstić information content (AvgIpc) is 2.93. The number of ether oxygens (including phenoxy) is 1. The van der Waals surface area contributed by atoms with Crippen molar-refractivity contribution in [1.29, 1.82) is 0 Å². The molecule has 0 saturated carbocycles. The quantitative estimate of drug-likeness (QED) is 0.177. The fourth-order valence-electron chi connectivity index (χ4n) is 3.83. The molecule has 0 spiro atoms. The summed E-state index contributed by atoms with van der Waals surface area (Å²) in [5.74, 6) is 0.167. The van der Waals surface area contributed by atoms with Gasteiger partial charge in [0.05, 0.1) is 5.56 Å². The molecule has 0 fully saturated rings. The summed E-state index contributed by atoms with van der Waals surface area (Å²) in [6, 6.07) is 10.3. The van der Waals surface area contributed by atoms with Gasteiger partial charge in [0, 0.05) is 37.4 Å². The molecule has 0 bridgehead atoms. The number of hydrogen-bond donors (Lipinski definition) is 5. The highest BCUT2D eigenvalue weighted by Gasteiger charge is 2.32. The first kappa shape index (κ1) is 33.7. The van der Waals surface area contributed by atoms with Crippen LogP contribution in [-0.4, -0.2) is 73.5 Å². The smallest absolute Gasteiger partial charge is 0.422 e. The fraction of sp³-hybridized carbons (Fsp3) is 0.414. The van der Waals surface area contributed by atoms with E-state index < -0.39 is 41.7 Å². The van der Waals surface area contributed by atoms with Crippen LogP contribution in [0.1, 0.15) is 50.5 Å². The second-order valence-corrected chi connectivity index (χ2v) is 11.8. The third-order valence-electron chi connectivity index (χ3n) is 6.12. The summed E-state index contributed by atoms with van der Waals surface area (Å²) in [7, 11) is 0. The van der Waals surface area contributed by atoms with Crippen molar-refractivity contribution in [2.75, 3.05) is 30.3 Å². The Morgan fingerprint density at radius 2 is 1.61 bits per heavy atom. The molecule has 0 radical (unpaired) electrons. The van der Waals surface area contributed by atoms with Crippen molar-refractivity contribution in [1.82, 2.24) is 25.2 Å². The number of amides is 2. The lowest BCUT2D eigenvalue weighted by Crippen LogP contribution is -2.51. The predicted octanol–water partition coefficient (Wildman–Crippen LogP) is 5.41. The van der Waals surface area contributed by atoms with E-state index >= 15 is 0 Å². The Hall–Kier alpha value is -4.82. The lowest BCUT2D eigenvalue weighted by Gasteiger charge is -2.39. The van der Waals surface area contributed by atoms with Gasteiger partial charge in [-0.15, -0.1) is 0 Å². The molecule has 12 nitrogen and oxygen atoms in total. The first-order chi connectivity index (χ1) is 20.4. The van der Waals surface area contributed by atoms with E-state index in [1.165, 1.54) is 41.4 Å². The van der Waals surface area contributed by atoms with Crippen LogP contribution < -0.4 is 20.7 Å². The minimum atomic E-state index is -4.60. The van der Waals surface area contributed by atoms with Gasteiger partial charge >= 0.3 is 18.3 Å². The van der Waals surface area contributed by atoms with Crippen molar-refractivity contribution < 1.29 is 37.7 Å². The number of nitrogens with one attached hydrogen (secondary N) is 3. The number of nitrogens with zero attached hydrogens (tertiary/aromatic N) is 4. The minimum Gasteiger partial charge on any atom is -0.508 e. The zero-order valence-corrected chi connectivity index (χ0v) is 25.0. The molecule has 238 valence electrons. The van der Waals surface area contributed by atoms with Gasteiger partial charge in [-0.05, 0) is 56.0 Å². The molecule has 3 aromatic rings. The molecule has 0 atom stereocenters. The number of alkyl halides is 3. The Balaban J connectivity index is 1.68. The number of carboxylic acid groups (broad SMARTS) is 1. The minimum absolute atomic E-state index is 0.0821. The van der Waals surface area contributed by atoms with Crippen molar-refractivity contribution in [2.45, 2.75) is 52.9 Å². The van der Waals surface area contributed by atoms with E-state index in [0.717, 1.165) is 5.56 Å². The molecule has 15 heteroatoms. The number of carbonyl (C=O) groups excluding carboxylic acids is 1. The van der Waals surface area contributed by atoms with E-state index in [4.69, 9.17) is 4.74 Å². The number of benzene rings is 1. The van der Waals surface area contributed by atoms with E-state index in [0.29, 0.717) is 0 Å². The van der Waals surface area contributed by atoms with Crippen LogP contribution >= 0.6 is 0 Å². The van der Waals surface area contributed by atoms with Gasteiger partial charge in [0.15, 0.2) is 6.61 Å². The second-order valence-electron chi connectivity index (χ2n) is 11.8. The van der Waals surface area contributed by atoms with Gasteiger partial charge in [-0.1, -0.05) is 26.0 Å². The maximum absolute atomic E-state index is 12.8. The van der Waals surface area contributed by atoms with Crippen molar-refractivity contribution in [3.63, 3.8) is 0 Å². The molecule has 44 heavy (non-hydrogen) atoms. The van der Waals surface area contributed by atoms with Crippen molar-refractivity contribution >= 4 is 29.5 Å². The van der Waals surface area contributed by atoms with Crippen LogP contribution in [-0.2, 0) is 6.54 Å². The predicted molar refractivity (Wildman–Crippen MR) is 157 cm³/mol. The van der Waals surface area contributed by atoms with Gasteiger partial charge in [0.25, 0.3) is 5.91 Å². The molecule has 5 N–H and O–H groups in total. The number of carbonyl (C=O) groups is 2. The number of anilines is 3. The molecule has 3 rings (SSSR count). The van der Waals surface area contributed by atoms with E-state index in [1.807, 2.05) is 13.8 Å². The van der Waals surface area contributed by atoms with Gasteiger partial charge in [0.2, 0.25) is 0 Å². The van der Waals surface area contributed by atoms with Crippen LogP contribution in [0.5, 0.6) is 11.8 Å². The molecule has 0 aliphatic heterocycles. The summed E-state index contributed by atoms with van der Waals surface area (Å²) in [4.78, 5) is 38.0. The first-order valence-electron chi connectivity index (χ1n) is 13.5. The van der Waals surface area contributed by atoms with Crippen molar-refractivity contribution in [2.24, 2.45) is 5.41 Å². The Morgan fingerprint density at radius 3 is 2.18 bits per heavy atom. The van der Waals surface area contributed by atoms with Crippen molar-refractivity contribution in [3.05, 3.63) is 59.8 Å². The summed E-state index contributed by atoms with van der Waals surface area (Å²) in [5, 5.41) is 27.7. The van der Waals surface area contributed by atoms with E-state index in [9.17, 15) is 33.0 Å². The zero-order valence-electron chi connectivity index (χ0n) is 25.0. The first-order valence-corrected chi connectivity index (χ1v) is 13.5.